The Kier molecular flexibility index (Phi) is 6.93. The van der Waals surface area contributed by atoms with Crippen LogP contribution in [0, 0.1) is 0 Å². The summed E-state index contributed by atoms with van der Waals surface area (Å²) in [7, 11) is 0. The molecule has 0 bridgehead atoms. The summed E-state index contributed by atoms with van der Waals surface area (Å²) < 4.78 is 0. The highest BCUT2D eigenvalue weighted by molar-refractivity contribution is 5.23. The molecule has 5 N–H and O–H groups in total. The third kappa shape index (κ3) is 5.65. The lowest BCUT2D eigenvalue weighted by Gasteiger charge is -2.08. The van der Waals surface area contributed by atoms with Crippen LogP contribution in [0.3, 0.4) is 0 Å². The molecular formula is C11H23N3. The second-order valence-electron chi connectivity index (χ2n) is 3.49. The molecule has 0 aromatic heterocycles. The van der Waals surface area contributed by atoms with Gasteiger partial charge in [-0.15, -0.1) is 0 Å². The molecule has 0 aliphatic heterocycles. The smallest absolute Gasteiger partial charge is 0.0503 e. The molecule has 3 nitrogen and oxygen atoms in total. The predicted octanol–water partition coefficient (Wildman–Crippen LogP) is 1.47. The largest absolute Gasteiger partial charge is 0.397 e. The van der Waals surface area contributed by atoms with Crippen LogP contribution in [0.1, 0.15) is 33.6 Å². The van der Waals surface area contributed by atoms with Gasteiger partial charge in [-0.2, -0.15) is 0 Å². The summed E-state index contributed by atoms with van der Waals surface area (Å²) >= 11 is 0. The molecule has 14 heavy (non-hydrogen) atoms. The topological polar surface area (TPSA) is 64.1 Å². The van der Waals surface area contributed by atoms with Gasteiger partial charge in [-0.3, -0.25) is 0 Å². The lowest BCUT2D eigenvalue weighted by molar-refractivity contribution is 0.727. The van der Waals surface area contributed by atoms with Crippen LogP contribution >= 0.6 is 0 Å². The lowest BCUT2D eigenvalue weighted by atomic mass is 10.2. The minimum atomic E-state index is 0.712. The summed E-state index contributed by atoms with van der Waals surface area (Å²) in [5.41, 5.74) is 14.4. The first-order chi connectivity index (χ1) is 6.61. The Morgan fingerprint density at radius 1 is 1.36 bits per heavy atom. The molecular weight excluding hydrogens is 174 g/mol. The van der Waals surface area contributed by atoms with Gasteiger partial charge in [-0.25, -0.2) is 0 Å². The molecule has 0 aromatic carbocycles. The number of nitrogens with one attached hydrogen (secondary N) is 1. The maximum absolute atomic E-state index is 5.89. The minimum Gasteiger partial charge on any atom is -0.397 e. The van der Waals surface area contributed by atoms with E-state index in [-0.39, 0.29) is 0 Å². The van der Waals surface area contributed by atoms with Crippen molar-refractivity contribution in [2.24, 2.45) is 11.5 Å². The van der Waals surface area contributed by atoms with E-state index in [4.69, 9.17) is 11.5 Å². The fourth-order valence-corrected chi connectivity index (χ4v) is 0.956. The van der Waals surface area contributed by atoms with Crippen molar-refractivity contribution in [1.29, 1.82) is 0 Å². The summed E-state index contributed by atoms with van der Waals surface area (Å²) in [5, 5.41) is 3.24. The SMILES string of the molecule is CC/C(C)=C/C(N)=C(\C)NCCCN. The average molecular weight is 197 g/mol. The Morgan fingerprint density at radius 2 is 2.00 bits per heavy atom. The van der Waals surface area contributed by atoms with Gasteiger partial charge in [-0.05, 0) is 39.3 Å². The second kappa shape index (κ2) is 7.44. The van der Waals surface area contributed by atoms with Crippen molar-refractivity contribution in [1.82, 2.24) is 5.32 Å². The van der Waals surface area contributed by atoms with Crippen LogP contribution in [0.15, 0.2) is 23.0 Å². The first-order valence-corrected chi connectivity index (χ1v) is 5.19. The van der Waals surface area contributed by atoms with Crippen LogP contribution in [0.5, 0.6) is 0 Å². The maximum atomic E-state index is 5.89. The highest BCUT2D eigenvalue weighted by Gasteiger charge is 1.94. The Hall–Kier alpha value is -0.960. The molecule has 0 atom stereocenters. The van der Waals surface area contributed by atoms with Crippen LogP contribution < -0.4 is 16.8 Å². The number of hydrogen-bond donors (Lipinski definition) is 3. The Morgan fingerprint density at radius 3 is 2.50 bits per heavy atom. The van der Waals surface area contributed by atoms with E-state index in [0.29, 0.717) is 6.54 Å². The van der Waals surface area contributed by atoms with Crippen LogP contribution in [-0.4, -0.2) is 13.1 Å². The quantitative estimate of drug-likeness (QED) is 0.446. The van der Waals surface area contributed by atoms with Crippen molar-refractivity contribution in [3.8, 4) is 0 Å². The molecule has 0 radical (unpaired) electrons. The van der Waals surface area contributed by atoms with E-state index in [1.807, 2.05) is 13.0 Å². The van der Waals surface area contributed by atoms with Crippen molar-refractivity contribution in [3.05, 3.63) is 23.0 Å². The van der Waals surface area contributed by atoms with E-state index in [0.717, 1.165) is 30.8 Å². The second-order valence-corrected chi connectivity index (χ2v) is 3.49. The van der Waals surface area contributed by atoms with Gasteiger partial charge in [0.1, 0.15) is 0 Å². The first kappa shape index (κ1) is 13.0. The van der Waals surface area contributed by atoms with Gasteiger partial charge in [-0.1, -0.05) is 12.5 Å². The van der Waals surface area contributed by atoms with Gasteiger partial charge >= 0.3 is 0 Å². The summed E-state index contributed by atoms with van der Waals surface area (Å²) in [6, 6.07) is 0. The maximum Gasteiger partial charge on any atom is 0.0503 e. The fourth-order valence-electron chi connectivity index (χ4n) is 0.956. The van der Waals surface area contributed by atoms with Gasteiger partial charge in [0.25, 0.3) is 0 Å². The van der Waals surface area contributed by atoms with E-state index < -0.39 is 0 Å². The molecule has 0 amide bonds. The monoisotopic (exact) mass is 197 g/mol. The predicted molar refractivity (Wildman–Crippen MR) is 62.6 cm³/mol. The molecule has 0 aliphatic carbocycles. The van der Waals surface area contributed by atoms with Crippen molar-refractivity contribution in [2.45, 2.75) is 33.6 Å². The zero-order valence-electron chi connectivity index (χ0n) is 9.56. The molecule has 0 aromatic rings. The van der Waals surface area contributed by atoms with E-state index >= 15 is 0 Å². The zero-order valence-corrected chi connectivity index (χ0v) is 9.56. The normalized spacial score (nSPS) is 13.9. The Balaban J connectivity index is 4.14. The van der Waals surface area contributed by atoms with Crippen LogP contribution in [-0.2, 0) is 0 Å². The molecule has 0 unspecified atom stereocenters. The lowest BCUT2D eigenvalue weighted by Crippen LogP contribution is -2.19. The number of nitrogens with two attached hydrogens (primary N) is 2. The number of rotatable bonds is 6. The molecule has 0 rings (SSSR count). The molecule has 0 aliphatic rings. The molecule has 0 heterocycles. The summed E-state index contributed by atoms with van der Waals surface area (Å²) in [6.45, 7) is 7.80. The van der Waals surface area contributed by atoms with Gasteiger partial charge in [0.05, 0.1) is 5.70 Å². The van der Waals surface area contributed by atoms with Crippen LogP contribution in [0.25, 0.3) is 0 Å². The third-order valence-electron chi connectivity index (χ3n) is 2.16. The van der Waals surface area contributed by atoms with E-state index in [2.05, 4.69) is 19.2 Å². The highest BCUT2D eigenvalue weighted by Crippen LogP contribution is 2.03. The fraction of sp³-hybridized carbons (Fsp3) is 0.636. The number of allylic oxidation sites excluding steroid dienone is 3. The van der Waals surface area contributed by atoms with Gasteiger partial charge in [0, 0.05) is 12.2 Å². The highest BCUT2D eigenvalue weighted by atomic mass is 14.9. The van der Waals surface area contributed by atoms with Crippen molar-refractivity contribution in [3.63, 3.8) is 0 Å². The summed E-state index contributed by atoms with van der Waals surface area (Å²) in [5.74, 6) is 0. The van der Waals surface area contributed by atoms with Crippen LogP contribution in [0.2, 0.25) is 0 Å². The van der Waals surface area contributed by atoms with Crippen molar-refractivity contribution in [2.75, 3.05) is 13.1 Å². The van der Waals surface area contributed by atoms with Crippen molar-refractivity contribution < 1.29 is 0 Å². The van der Waals surface area contributed by atoms with Crippen molar-refractivity contribution >= 4 is 0 Å². The average Bonchev–Trinajstić information content (AvgIpc) is 2.17. The molecule has 3 heteroatoms. The molecule has 0 fully saturated rings. The van der Waals surface area contributed by atoms with Gasteiger partial charge < -0.3 is 16.8 Å². The molecule has 82 valence electrons. The van der Waals surface area contributed by atoms with E-state index in [9.17, 15) is 0 Å². The third-order valence-corrected chi connectivity index (χ3v) is 2.16. The van der Waals surface area contributed by atoms with Gasteiger partial charge in [0.2, 0.25) is 0 Å². The molecule has 0 spiro atoms. The Labute approximate surface area is 87.2 Å². The first-order valence-electron chi connectivity index (χ1n) is 5.19. The minimum absolute atomic E-state index is 0.712. The van der Waals surface area contributed by atoms with E-state index in [1.54, 1.807) is 0 Å². The Bertz CT molecular complexity index is 217. The number of hydrogen-bond acceptors (Lipinski definition) is 3. The summed E-state index contributed by atoms with van der Waals surface area (Å²) in [6.07, 6.45) is 4.03. The van der Waals surface area contributed by atoms with E-state index in [1.165, 1.54) is 5.57 Å². The summed E-state index contributed by atoms with van der Waals surface area (Å²) in [4.78, 5) is 0. The van der Waals surface area contributed by atoms with Gasteiger partial charge in [0.15, 0.2) is 0 Å². The standard InChI is InChI=1S/C11H23N3/c1-4-9(2)8-11(13)10(3)14-7-5-6-12/h8,14H,4-7,12-13H2,1-3H3/b9-8+,11-10-. The molecule has 0 saturated heterocycles. The molecule has 0 saturated carbocycles. The van der Waals surface area contributed by atoms with Crippen LogP contribution in [0.4, 0.5) is 0 Å². The zero-order chi connectivity index (χ0) is 11.0.